The maximum absolute atomic E-state index is 12.4. The van der Waals surface area contributed by atoms with E-state index in [0.717, 1.165) is 22.6 Å². The number of nitrogen functional groups attached to an aromatic ring is 1. The maximum atomic E-state index is 12.4. The number of fused-ring (bicyclic) bond motifs is 1. The van der Waals surface area contributed by atoms with Crippen molar-refractivity contribution in [1.82, 2.24) is 24.8 Å². The fourth-order valence-corrected chi connectivity index (χ4v) is 4.19. The fraction of sp³-hybridized carbons (Fsp3) is 0.296. The first-order valence-corrected chi connectivity index (χ1v) is 12.0. The first kappa shape index (κ1) is 23.5. The third-order valence-corrected chi connectivity index (χ3v) is 5.90. The van der Waals surface area contributed by atoms with Crippen molar-refractivity contribution in [2.24, 2.45) is 0 Å². The molecular formula is C27H29N7O2. The van der Waals surface area contributed by atoms with Crippen molar-refractivity contribution < 1.29 is 9.53 Å². The van der Waals surface area contributed by atoms with Crippen LogP contribution in [0.5, 0.6) is 0 Å². The van der Waals surface area contributed by atoms with Gasteiger partial charge in [0.25, 0.3) is 0 Å². The number of nitrogens with two attached hydrogens (primary N) is 1. The Morgan fingerprint density at radius 3 is 2.39 bits per heavy atom. The van der Waals surface area contributed by atoms with Crippen molar-refractivity contribution in [3.8, 4) is 22.5 Å². The Balaban J connectivity index is 1.40. The van der Waals surface area contributed by atoms with E-state index < -0.39 is 5.60 Å². The summed E-state index contributed by atoms with van der Waals surface area (Å²) < 4.78 is 5.51. The molecule has 1 aliphatic rings. The number of hydrogen-bond acceptors (Lipinski definition) is 8. The van der Waals surface area contributed by atoms with E-state index >= 15 is 0 Å². The normalized spacial score (nSPS) is 14.2. The second kappa shape index (κ2) is 9.41. The van der Waals surface area contributed by atoms with Crippen LogP contribution in [0.3, 0.4) is 0 Å². The molecule has 0 unspecified atom stereocenters. The number of carbonyl (C=O) groups is 1. The first-order valence-electron chi connectivity index (χ1n) is 12.0. The number of nitrogens with zero attached hydrogens (tertiary/aromatic N) is 6. The van der Waals surface area contributed by atoms with Gasteiger partial charge in [-0.15, -0.1) is 0 Å². The highest BCUT2D eigenvalue weighted by molar-refractivity contribution is 5.91. The van der Waals surface area contributed by atoms with Crippen LogP contribution in [0.15, 0.2) is 60.8 Å². The summed E-state index contributed by atoms with van der Waals surface area (Å²) in [6.45, 7) is 8.13. The number of pyridine rings is 2. The van der Waals surface area contributed by atoms with Crippen LogP contribution in [0.1, 0.15) is 20.8 Å². The topological polar surface area (TPSA) is 110 Å². The highest BCUT2D eigenvalue weighted by Crippen LogP contribution is 2.29. The Kier molecular flexibility index (Phi) is 6.13. The number of ether oxygens (including phenoxy) is 1. The lowest BCUT2D eigenvalue weighted by molar-refractivity contribution is 0.0240. The molecular weight excluding hydrogens is 454 g/mol. The van der Waals surface area contributed by atoms with Gasteiger partial charge in [-0.05, 0) is 45.0 Å². The molecule has 0 radical (unpaired) electrons. The molecule has 3 aromatic heterocycles. The Hall–Kier alpha value is -4.27. The molecule has 0 atom stereocenters. The van der Waals surface area contributed by atoms with Crippen LogP contribution in [-0.4, -0.2) is 62.7 Å². The molecule has 9 heteroatoms. The highest BCUT2D eigenvalue weighted by Gasteiger charge is 2.26. The molecule has 9 nitrogen and oxygen atoms in total. The van der Waals surface area contributed by atoms with Gasteiger partial charge in [-0.3, -0.25) is 0 Å². The van der Waals surface area contributed by atoms with Crippen LogP contribution in [0.25, 0.3) is 33.5 Å². The number of amides is 1. The van der Waals surface area contributed by atoms with Gasteiger partial charge in [0, 0.05) is 43.5 Å². The highest BCUT2D eigenvalue weighted by atomic mass is 16.6. The van der Waals surface area contributed by atoms with Crippen molar-refractivity contribution in [1.29, 1.82) is 0 Å². The van der Waals surface area contributed by atoms with Gasteiger partial charge in [0.2, 0.25) is 5.95 Å². The minimum absolute atomic E-state index is 0.215. The predicted octanol–water partition coefficient (Wildman–Crippen LogP) is 4.39. The maximum Gasteiger partial charge on any atom is 0.410 e. The zero-order chi connectivity index (χ0) is 25.3. The number of benzene rings is 1. The summed E-state index contributed by atoms with van der Waals surface area (Å²) in [4.78, 5) is 34.7. The van der Waals surface area contributed by atoms with Gasteiger partial charge in [0.15, 0.2) is 0 Å². The minimum atomic E-state index is -0.506. The van der Waals surface area contributed by atoms with Crippen LogP contribution < -0.4 is 10.6 Å². The lowest BCUT2D eigenvalue weighted by Crippen LogP contribution is -2.50. The van der Waals surface area contributed by atoms with Crippen molar-refractivity contribution >= 4 is 28.9 Å². The van der Waals surface area contributed by atoms with Gasteiger partial charge in [-0.1, -0.05) is 30.3 Å². The molecule has 0 bridgehead atoms. The summed E-state index contributed by atoms with van der Waals surface area (Å²) in [5.41, 5.74) is 10.2. The molecule has 1 saturated heterocycles. The SMILES string of the molecule is CC(C)(C)OC(=O)N1CCN(c2cc(-c3ccc4nc(N)nc(-c5ccccc5)c4n3)ccn2)CC1. The van der Waals surface area contributed by atoms with Crippen molar-refractivity contribution in [3.63, 3.8) is 0 Å². The molecule has 2 N–H and O–H groups in total. The zero-order valence-electron chi connectivity index (χ0n) is 20.7. The summed E-state index contributed by atoms with van der Waals surface area (Å²) in [6, 6.07) is 17.7. The quantitative estimate of drug-likeness (QED) is 0.457. The molecule has 5 rings (SSSR count). The molecule has 0 saturated carbocycles. The molecule has 0 spiro atoms. The van der Waals surface area contributed by atoms with E-state index in [-0.39, 0.29) is 12.0 Å². The van der Waals surface area contributed by atoms with Crippen LogP contribution in [-0.2, 0) is 4.74 Å². The van der Waals surface area contributed by atoms with Crippen LogP contribution in [0.2, 0.25) is 0 Å². The van der Waals surface area contributed by atoms with E-state index in [0.29, 0.717) is 42.9 Å². The standard InChI is InChI=1S/C27H29N7O2/c1-27(2,3)36-26(35)34-15-13-33(14-16-34)22-17-19(11-12-29-22)20-9-10-21-24(30-20)23(32-25(28)31-21)18-7-5-4-6-8-18/h4-12,17H,13-16H2,1-3H3,(H2,28,31,32). The molecule has 36 heavy (non-hydrogen) atoms. The minimum Gasteiger partial charge on any atom is -0.444 e. The van der Waals surface area contributed by atoms with Gasteiger partial charge in [-0.2, -0.15) is 0 Å². The van der Waals surface area contributed by atoms with Crippen molar-refractivity contribution in [2.45, 2.75) is 26.4 Å². The molecule has 4 aromatic rings. The van der Waals surface area contributed by atoms with Gasteiger partial charge >= 0.3 is 6.09 Å². The molecule has 0 aliphatic carbocycles. The lowest BCUT2D eigenvalue weighted by atomic mass is 10.1. The average molecular weight is 484 g/mol. The number of hydrogen-bond donors (Lipinski definition) is 1. The van der Waals surface area contributed by atoms with E-state index in [4.69, 9.17) is 15.5 Å². The predicted molar refractivity (Wildman–Crippen MR) is 140 cm³/mol. The molecule has 184 valence electrons. The Morgan fingerprint density at radius 2 is 1.67 bits per heavy atom. The van der Waals surface area contributed by atoms with Crippen LogP contribution >= 0.6 is 0 Å². The third-order valence-electron chi connectivity index (χ3n) is 5.90. The summed E-state index contributed by atoms with van der Waals surface area (Å²) in [5.74, 6) is 1.06. The van der Waals surface area contributed by atoms with E-state index in [1.165, 1.54) is 0 Å². The molecule has 1 aliphatic heterocycles. The van der Waals surface area contributed by atoms with E-state index in [2.05, 4.69) is 19.9 Å². The molecule has 4 heterocycles. The van der Waals surface area contributed by atoms with E-state index in [9.17, 15) is 4.79 Å². The number of aromatic nitrogens is 4. The first-order chi connectivity index (χ1) is 17.3. The monoisotopic (exact) mass is 483 g/mol. The molecule has 1 fully saturated rings. The summed E-state index contributed by atoms with van der Waals surface area (Å²) in [6.07, 6.45) is 1.51. The van der Waals surface area contributed by atoms with Gasteiger partial charge in [-0.25, -0.2) is 24.7 Å². The van der Waals surface area contributed by atoms with Crippen molar-refractivity contribution in [2.75, 3.05) is 36.8 Å². The molecule has 1 aromatic carbocycles. The number of piperazine rings is 1. The Bertz CT molecular complexity index is 1390. The van der Waals surface area contributed by atoms with E-state index in [1.807, 2.05) is 75.4 Å². The van der Waals surface area contributed by atoms with E-state index in [1.54, 1.807) is 11.1 Å². The number of rotatable bonds is 3. The van der Waals surface area contributed by atoms with Gasteiger partial charge in [0.1, 0.15) is 22.6 Å². The third kappa shape index (κ3) is 5.05. The largest absolute Gasteiger partial charge is 0.444 e. The zero-order valence-corrected chi connectivity index (χ0v) is 20.7. The van der Waals surface area contributed by atoms with Crippen molar-refractivity contribution in [3.05, 3.63) is 60.8 Å². The summed E-state index contributed by atoms with van der Waals surface area (Å²) in [7, 11) is 0. The van der Waals surface area contributed by atoms with Crippen LogP contribution in [0.4, 0.5) is 16.6 Å². The van der Waals surface area contributed by atoms with Gasteiger partial charge < -0.3 is 20.3 Å². The number of carbonyl (C=O) groups excluding carboxylic acids is 1. The van der Waals surface area contributed by atoms with Crippen LogP contribution in [0, 0.1) is 0 Å². The Labute approximate surface area is 210 Å². The molecule has 1 amide bonds. The smallest absolute Gasteiger partial charge is 0.410 e. The average Bonchev–Trinajstić information content (AvgIpc) is 2.87. The number of anilines is 2. The fourth-order valence-electron chi connectivity index (χ4n) is 4.19. The summed E-state index contributed by atoms with van der Waals surface area (Å²) in [5, 5.41) is 0. The van der Waals surface area contributed by atoms with Gasteiger partial charge in [0.05, 0.1) is 11.2 Å². The lowest BCUT2D eigenvalue weighted by Gasteiger charge is -2.36. The summed E-state index contributed by atoms with van der Waals surface area (Å²) >= 11 is 0. The Morgan fingerprint density at radius 1 is 0.917 bits per heavy atom. The second-order valence-corrected chi connectivity index (χ2v) is 9.72. The second-order valence-electron chi connectivity index (χ2n) is 9.72.